The molecule has 0 radical (unpaired) electrons. The van der Waals surface area contributed by atoms with Crippen molar-refractivity contribution in [1.82, 2.24) is 14.9 Å². The van der Waals surface area contributed by atoms with E-state index in [2.05, 4.69) is 28.7 Å². The Morgan fingerprint density at radius 1 is 1.34 bits per heavy atom. The molecule has 1 aliphatic rings. The van der Waals surface area contributed by atoms with Crippen LogP contribution in [0.5, 0.6) is 0 Å². The Kier molecular flexibility index (Phi) is 7.30. The number of aliphatic hydroxyl groups is 1. The van der Waals surface area contributed by atoms with Crippen LogP contribution in [0.2, 0.25) is 0 Å². The standard InChI is InChI=1S/C25H32N4O3/c1-5-6-18(14-26-17-32)21-7-8-27-24(22(21)16-31)28(4)9-10-29-20(15-30)11-19-12-25(2,3)13-23(19)29/h5-8,11,14-15,17,31H,9-10,12-13,16H2,1-4H3,(H,26,32)/b6-5-,18-14+. The topological polar surface area (TPSA) is 87.5 Å². The molecule has 0 unspecified atom stereocenters. The van der Waals surface area contributed by atoms with Crippen LogP contribution in [0.1, 0.15) is 53.6 Å². The molecular formula is C25H32N4O3. The molecule has 0 bridgehead atoms. The predicted octanol–water partition coefficient (Wildman–Crippen LogP) is 3.11. The van der Waals surface area contributed by atoms with Crippen molar-refractivity contribution in [2.45, 2.75) is 46.8 Å². The highest BCUT2D eigenvalue weighted by atomic mass is 16.3. The number of fused-ring (bicyclic) bond motifs is 1. The van der Waals surface area contributed by atoms with E-state index in [1.807, 2.05) is 43.2 Å². The van der Waals surface area contributed by atoms with Crippen molar-refractivity contribution in [1.29, 1.82) is 0 Å². The molecular weight excluding hydrogens is 404 g/mol. The van der Waals surface area contributed by atoms with Gasteiger partial charge >= 0.3 is 0 Å². The number of pyridine rings is 1. The van der Waals surface area contributed by atoms with Crippen molar-refractivity contribution in [3.05, 3.63) is 64.8 Å². The van der Waals surface area contributed by atoms with E-state index in [0.717, 1.165) is 30.3 Å². The Bertz CT molecular complexity index is 1050. The summed E-state index contributed by atoms with van der Waals surface area (Å²) in [4.78, 5) is 28.9. The number of carbonyl (C=O) groups excluding carboxylic acids is 2. The van der Waals surface area contributed by atoms with Crippen LogP contribution in [0, 0.1) is 5.41 Å². The SMILES string of the molecule is C/C=C\C(=C/NC=O)c1ccnc(N(C)CCn2c(C=O)cc3c2CC(C)(C)C3)c1CO. The zero-order valence-corrected chi connectivity index (χ0v) is 19.3. The number of aromatic nitrogens is 2. The minimum absolute atomic E-state index is 0.189. The zero-order chi connectivity index (χ0) is 23.3. The lowest BCUT2D eigenvalue weighted by molar-refractivity contribution is -0.108. The number of hydrogen-bond acceptors (Lipinski definition) is 5. The summed E-state index contributed by atoms with van der Waals surface area (Å²) in [5.41, 5.74) is 5.68. The van der Waals surface area contributed by atoms with Crippen LogP contribution in [-0.2, 0) is 30.8 Å². The molecule has 0 fully saturated rings. The highest BCUT2D eigenvalue weighted by molar-refractivity contribution is 5.79. The highest BCUT2D eigenvalue weighted by Gasteiger charge is 2.32. The number of nitrogens with zero attached hydrogens (tertiary/aromatic N) is 3. The van der Waals surface area contributed by atoms with E-state index in [0.29, 0.717) is 36.6 Å². The molecule has 3 rings (SSSR count). The first-order valence-electron chi connectivity index (χ1n) is 10.8. The summed E-state index contributed by atoms with van der Waals surface area (Å²) < 4.78 is 2.12. The van der Waals surface area contributed by atoms with Gasteiger partial charge in [0.2, 0.25) is 6.41 Å². The maximum atomic E-state index is 11.7. The van der Waals surface area contributed by atoms with E-state index in [-0.39, 0.29) is 12.0 Å². The third kappa shape index (κ3) is 4.83. The summed E-state index contributed by atoms with van der Waals surface area (Å²) in [6.45, 7) is 7.48. The van der Waals surface area contributed by atoms with Gasteiger partial charge in [-0.15, -0.1) is 0 Å². The summed E-state index contributed by atoms with van der Waals surface area (Å²) in [5, 5.41) is 12.7. The van der Waals surface area contributed by atoms with Gasteiger partial charge in [-0.1, -0.05) is 26.0 Å². The van der Waals surface area contributed by atoms with Crippen molar-refractivity contribution in [2.24, 2.45) is 5.41 Å². The molecule has 0 atom stereocenters. The first-order chi connectivity index (χ1) is 15.3. The van der Waals surface area contributed by atoms with Gasteiger partial charge < -0.3 is 19.9 Å². The number of rotatable bonds is 10. The summed E-state index contributed by atoms with van der Waals surface area (Å²) >= 11 is 0. The smallest absolute Gasteiger partial charge is 0.211 e. The molecule has 1 aliphatic carbocycles. The first-order valence-corrected chi connectivity index (χ1v) is 10.8. The molecule has 2 aromatic rings. The lowest BCUT2D eigenvalue weighted by atomic mass is 9.90. The fourth-order valence-corrected chi connectivity index (χ4v) is 4.54. The Balaban J connectivity index is 1.88. The molecule has 170 valence electrons. The van der Waals surface area contributed by atoms with Crippen LogP contribution in [0.3, 0.4) is 0 Å². The van der Waals surface area contributed by atoms with Crippen LogP contribution in [0.15, 0.2) is 36.7 Å². The second kappa shape index (κ2) is 9.96. The van der Waals surface area contributed by atoms with Crippen LogP contribution in [0.25, 0.3) is 5.57 Å². The van der Waals surface area contributed by atoms with Gasteiger partial charge in [-0.2, -0.15) is 0 Å². The van der Waals surface area contributed by atoms with Crippen LogP contribution >= 0.6 is 0 Å². The lowest BCUT2D eigenvalue weighted by Crippen LogP contribution is -2.26. The van der Waals surface area contributed by atoms with Gasteiger partial charge in [0.25, 0.3) is 0 Å². The summed E-state index contributed by atoms with van der Waals surface area (Å²) in [6.07, 6.45) is 10.5. The molecule has 7 nitrogen and oxygen atoms in total. The van der Waals surface area contributed by atoms with Crippen molar-refractivity contribution in [3.63, 3.8) is 0 Å². The number of allylic oxidation sites excluding steroid dienone is 3. The third-order valence-corrected chi connectivity index (χ3v) is 5.94. The molecule has 32 heavy (non-hydrogen) atoms. The summed E-state index contributed by atoms with van der Waals surface area (Å²) in [6, 6.07) is 3.84. The van der Waals surface area contributed by atoms with E-state index in [1.165, 1.54) is 11.3 Å². The van der Waals surface area contributed by atoms with Crippen molar-refractivity contribution in [2.75, 3.05) is 18.5 Å². The molecule has 2 aromatic heterocycles. The van der Waals surface area contributed by atoms with Gasteiger partial charge in [-0.05, 0) is 54.0 Å². The van der Waals surface area contributed by atoms with Gasteiger partial charge in [0.05, 0.1) is 12.3 Å². The third-order valence-electron chi connectivity index (χ3n) is 5.94. The normalized spacial score (nSPS) is 15.1. The first kappa shape index (κ1) is 23.5. The highest BCUT2D eigenvalue weighted by Crippen LogP contribution is 2.38. The van der Waals surface area contributed by atoms with Crippen molar-refractivity contribution >= 4 is 24.1 Å². The molecule has 2 heterocycles. The molecule has 7 heteroatoms. The van der Waals surface area contributed by atoms with Gasteiger partial charge in [0.15, 0.2) is 6.29 Å². The van der Waals surface area contributed by atoms with Crippen LogP contribution < -0.4 is 10.2 Å². The van der Waals surface area contributed by atoms with Crippen LogP contribution in [0.4, 0.5) is 5.82 Å². The Hall–Kier alpha value is -3.19. The maximum absolute atomic E-state index is 11.7. The molecule has 0 aliphatic heterocycles. The Morgan fingerprint density at radius 3 is 2.78 bits per heavy atom. The number of hydrogen-bond donors (Lipinski definition) is 2. The largest absolute Gasteiger partial charge is 0.392 e. The van der Waals surface area contributed by atoms with Crippen molar-refractivity contribution < 1.29 is 14.7 Å². The minimum atomic E-state index is -0.189. The van der Waals surface area contributed by atoms with Gasteiger partial charge in [0.1, 0.15) is 5.82 Å². The van der Waals surface area contributed by atoms with Gasteiger partial charge in [-0.3, -0.25) is 9.59 Å². The van der Waals surface area contributed by atoms with Gasteiger partial charge in [0, 0.05) is 43.8 Å². The number of nitrogens with one attached hydrogen (secondary N) is 1. The minimum Gasteiger partial charge on any atom is -0.392 e. The number of aldehydes is 1. The molecule has 0 aromatic carbocycles. The molecule has 0 saturated heterocycles. The molecule has 0 saturated carbocycles. The second-order valence-electron chi connectivity index (χ2n) is 8.95. The van der Waals surface area contributed by atoms with Crippen LogP contribution in [-0.4, -0.2) is 40.9 Å². The Labute approximate surface area is 189 Å². The molecule has 0 spiro atoms. The maximum Gasteiger partial charge on any atom is 0.211 e. The van der Waals surface area contributed by atoms with E-state index in [9.17, 15) is 14.7 Å². The Morgan fingerprint density at radius 2 is 2.12 bits per heavy atom. The van der Waals surface area contributed by atoms with E-state index in [4.69, 9.17) is 0 Å². The average Bonchev–Trinajstić information content (AvgIpc) is 3.25. The lowest BCUT2D eigenvalue weighted by Gasteiger charge is -2.24. The number of amides is 1. The second-order valence-corrected chi connectivity index (χ2v) is 8.95. The van der Waals surface area contributed by atoms with E-state index < -0.39 is 0 Å². The number of carbonyl (C=O) groups is 2. The number of aliphatic hydroxyl groups excluding tert-OH is 1. The quantitative estimate of drug-likeness (QED) is 0.441. The summed E-state index contributed by atoms with van der Waals surface area (Å²) in [5.74, 6) is 0.670. The van der Waals surface area contributed by atoms with Gasteiger partial charge in [-0.25, -0.2) is 4.98 Å². The van der Waals surface area contributed by atoms with E-state index in [1.54, 1.807) is 12.4 Å². The van der Waals surface area contributed by atoms with E-state index >= 15 is 0 Å². The fourth-order valence-electron chi connectivity index (χ4n) is 4.54. The zero-order valence-electron chi connectivity index (χ0n) is 19.3. The fraction of sp³-hybridized carbons (Fsp3) is 0.400. The average molecular weight is 437 g/mol. The molecule has 2 N–H and O–H groups in total. The number of likely N-dealkylation sites (N-methyl/N-ethyl adjacent to an activating group) is 1. The number of anilines is 1. The molecule has 1 amide bonds. The predicted molar refractivity (Wildman–Crippen MR) is 126 cm³/mol. The summed E-state index contributed by atoms with van der Waals surface area (Å²) in [7, 11) is 1.93. The monoisotopic (exact) mass is 436 g/mol. The van der Waals surface area contributed by atoms with Crippen molar-refractivity contribution in [3.8, 4) is 0 Å².